The Morgan fingerprint density at radius 2 is 2.29 bits per heavy atom. The molecule has 1 unspecified atom stereocenters. The van der Waals surface area contributed by atoms with Crippen LogP contribution < -0.4 is 5.32 Å². The number of ether oxygens (including phenoxy) is 1. The van der Waals surface area contributed by atoms with Crippen LogP contribution in [0, 0.1) is 5.82 Å². The van der Waals surface area contributed by atoms with Gasteiger partial charge in [-0.15, -0.1) is 0 Å². The molecule has 0 radical (unpaired) electrons. The molecule has 0 aromatic heterocycles. The molecule has 1 N–H and O–H groups in total. The zero-order chi connectivity index (χ0) is 9.80. The van der Waals surface area contributed by atoms with E-state index in [1.165, 1.54) is 6.07 Å². The molecule has 14 heavy (non-hydrogen) atoms. The molecule has 1 aliphatic heterocycles. The summed E-state index contributed by atoms with van der Waals surface area (Å²) >= 11 is 0. The van der Waals surface area contributed by atoms with Crippen LogP contribution in [0.25, 0.3) is 0 Å². The van der Waals surface area contributed by atoms with Crippen LogP contribution in [0.15, 0.2) is 24.3 Å². The van der Waals surface area contributed by atoms with E-state index in [4.69, 9.17) is 4.74 Å². The maximum atomic E-state index is 13.3. The van der Waals surface area contributed by atoms with Gasteiger partial charge in [0.15, 0.2) is 0 Å². The van der Waals surface area contributed by atoms with Crippen LogP contribution in [-0.2, 0) is 11.2 Å². The molecule has 1 aromatic carbocycles. The van der Waals surface area contributed by atoms with Gasteiger partial charge in [-0.05, 0) is 18.1 Å². The third kappa shape index (κ3) is 2.30. The fraction of sp³-hybridized carbons (Fsp3) is 0.455. The second kappa shape index (κ2) is 4.53. The van der Waals surface area contributed by atoms with E-state index in [-0.39, 0.29) is 11.9 Å². The lowest BCUT2D eigenvalue weighted by molar-refractivity contribution is 0.0767. The van der Waals surface area contributed by atoms with Gasteiger partial charge in [0.1, 0.15) is 5.82 Å². The smallest absolute Gasteiger partial charge is 0.126 e. The first-order chi connectivity index (χ1) is 6.86. The SMILES string of the molecule is Fc1ccccc1CC1COCCN1. The lowest BCUT2D eigenvalue weighted by atomic mass is 10.1. The third-order valence-electron chi connectivity index (χ3n) is 2.42. The number of morpholine rings is 1. The van der Waals surface area contributed by atoms with Crippen molar-refractivity contribution in [3.8, 4) is 0 Å². The van der Waals surface area contributed by atoms with Crippen LogP contribution in [-0.4, -0.2) is 25.8 Å². The van der Waals surface area contributed by atoms with Gasteiger partial charge in [0, 0.05) is 12.6 Å². The average Bonchev–Trinajstić information content (AvgIpc) is 2.23. The van der Waals surface area contributed by atoms with Gasteiger partial charge in [-0.25, -0.2) is 4.39 Å². The summed E-state index contributed by atoms with van der Waals surface area (Å²) < 4.78 is 18.6. The fourth-order valence-corrected chi connectivity index (χ4v) is 1.68. The Kier molecular flexibility index (Phi) is 3.11. The van der Waals surface area contributed by atoms with Crippen LogP contribution in [0.2, 0.25) is 0 Å². The van der Waals surface area contributed by atoms with E-state index in [1.807, 2.05) is 12.1 Å². The molecule has 2 rings (SSSR count). The topological polar surface area (TPSA) is 21.3 Å². The number of benzene rings is 1. The average molecular weight is 195 g/mol. The molecule has 1 saturated heterocycles. The van der Waals surface area contributed by atoms with Gasteiger partial charge in [0.05, 0.1) is 13.2 Å². The van der Waals surface area contributed by atoms with Crippen molar-refractivity contribution in [1.29, 1.82) is 0 Å². The molecule has 3 heteroatoms. The molecule has 1 fully saturated rings. The molecule has 0 bridgehead atoms. The normalized spacial score (nSPS) is 22.2. The zero-order valence-corrected chi connectivity index (χ0v) is 8.00. The monoisotopic (exact) mass is 195 g/mol. The molecule has 0 saturated carbocycles. The molecule has 0 amide bonds. The molecule has 1 aromatic rings. The van der Waals surface area contributed by atoms with Gasteiger partial charge in [-0.2, -0.15) is 0 Å². The highest BCUT2D eigenvalue weighted by molar-refractivity contribution is 5.18. The second-order valence-electron chi connectivity index (χ2n) is 3.52. The van der Waals surface area contributed by atoms with Crippen LogP contribution in [0.1, 0.15) is 5.56 Å². The number of halogens is 1. The molecular weight excluding hydrogens is 181 g/mol. The standard InChI is InChI=1S/C11H14FNO/c12-11-4-2-1-3-9(11)7-10-8-14-6-5-13-10/h1-4,10,13H,5-8H2. The predicted molar refractivity (Wildman–Crippen MR) is 52.7 cm³/mol. The Bertz CT molecular complexity index is 297. The Balaban J connectivity index is 1.99. The summed E-state index contributed by atoms with van der Waals surface area (Å²) in [5.74, 6) is -0.125. The van der Waals surface area contributed by atoms with E-state index in [9.17, 15) is 4.39 Å². The van der Waals surface area contributed by atoms with E-state index >= 15 is 0 Å². The van der Waals surface area contributed by atoms with Crippen molar-refractivity contribution in [2.45, 2.75) is 12.5 Å². The van der Waals surface area contributed by atoms with Crippen LogP contribution in [0.5, 0.6) is 0 Å². The van der Waals surface area contributed by atoms with Crippen molar-refractivity contribution in [2.24, 2.45) is 0 Å². The summed E-state index contributed by atoms with van der Waals surface area (Å²) in [5.41, 5.74) is 0.760. The second-order valence-corrected chi connectivity index (χ2v) is 3.52. The van der Waals surface area contributed by atoms with E-state index in [0.29, 0.717) is 13.0 Å². The minimum Gasteiger partial charge on any atom is -0.379 e. The molecule has 76 valence electrons. The van der Waals surface area contributed by atoms with Gasteiger partial charge >= 0.3 is 0 Å². The van der Waals surface area contributed by atoms with Gasteiger partial charge in [0.2, 0.25) is 0 Å². The highest BCUT2D eigenvalue weighted by atomic mass is 19.1. The Hall–Kier alpha value is -0.930. The summed E-state index contributed by atoms with van der Waals surface area (Å²) in [4.78, 5) is 0. The van der Waals surface area contributed by atoms with Gasteiger partial charge in [0.25, 0.3) is 0 Å². The lowest BCUT2D eigenvalue weighted by Gasteiger charge is -2.23. The first-order valence-corrected chi connectivity index (χ1v) is 4.91. The first kappa shape index (κ1) is 9.62. The number of hydrogen-bond donors (Lipinski definition) is 1. The summed E-state index contributed by atoms with van der Waals surface area (Å²) in [7, 11) is 0. The Morgan fingerprint density at radius 1 is 1.43 bits per heavy atom. The largest absolute Gasteiger partial charge is 0.379 e. The van der Waals surface area contributed by atoms with E-state index < -0.39 is 0 Å². The molecule has 0 spiro atoms. The summed E-state index contributed by atoms with van der Waals surface area (Å²) in [6.45, 7) is 2.29. The van der Waals surface area contributed by atoms with Crippen molar-refractivity contribution < 1.29 is 9.13 Å². The molecular formula is C11H14FNO. The molecule has 2 nitrogen and oxygen atoms in total. The van der Waals surface area contributed by atoms with Crippen molar-refractivity contribution in [2.75, 3.05) is 19.8 Å². The maximum absolute atomic E-state index is 13.3. The van der Waals surface area contributed by atoms with Crippen molar-refractivity contribution in [1.82, 2.24) is 5.32 Å². The van der Waals surface area contributed by atoms with Crippen LogP contribution in [0.4, 0.5) is 4.39 Å². The number of nitrogens with one attached hydrogen (secondary N) is 1. The predicted octanol–water partition coefficient (Wildman–Crippen LogP) is 1.36. The molecule has 1 aliphatic rings. The van der Waals surface area contributed by atoms with Gasteiger partial charge < -0.3 is 10.1 Å². The number of hydrogen-bond acceptors (Lipinski definition) is 2. The van der Waals surface area contributed by atoms with Crippen molar-refractivity contribution in [3.63, 3.8) is 0 Å². The third-order valence-corrected chi connectivity index (χ3v) is 2.42. The molecule has 1 atom stereocenters. The van der Waals surface area contributed by atoms with E-state index in [1.54, 1.807) is 6.07 Å². The van der Waals surface area contributed by atoms with E-state index in [0.717, 1.165) is 18.7 Å². The minimum atomic E-state index is -0.125. The van der Waals surface area contributed by atoms with Crippen LogP contribution >= 0.6 is 0 Å². The molecule has 1 heterocycles. The van der Waals surface area contributed by atoms with Gasteiger partial charge in [-0.1, -0.05) is 18.2 Å². The maximum Gasteiger partial charge on any atom is 0.126 e. The quantitative estimate of drug-likeness (QED) is 0.769. The Morgan fingerprint density at radius 3 is 3.00 bits per heavy atom. The minimum absolute atomic E-state index is 0.125. The summed E-state index contributed by atoms with van der Waals surface area (Å²) in [6.07, 6.45) is 0.701. The molecule has 0 aliphatic carbocycles. The Labute approximate surface area is 83.1 Å². The van der Waals surface area contributed by atoms with Crippen molar-refractivity contribution in [3.05, 3.63) is 35.6 Å². The number of rotatable bonds is 2. The van der Waals surface area contributed by atoms with Crippen molar-refractivity contribution >= 4 is 0 Å². The van der Waals surface area contributed by atoms with Crippen LogP contribution in [0.3, 0.4) is 0 Å². The van der Waals surface area contributed by atoms with E-state index in [2.05, 4.69) is 5.32 Å². The summed E-state index contributed by atoms with van der Waals surface area (Å²) in [5, 5.41) is 3.30. The highest BCUT2D eigenvalue weighted by Gasteiger charge is 2.14. The zero-order valence-electron chi connectivity index (χ0n) is 8.00. The first-order valence-electron chi connectivity index (χ1n) is 4.91. The fourth-order valence-electron chi connectivity index (χ4n) is 1.68. The lowest BCUT2D eigenvalue weighted by Crippen LogP contribution is -2.42. The van der Waals surface area contributed by atoms with Gasteiger partial charge in [-0.3, -0.25) is 0 Å². The summed E-state index contributed by atoms with van der Waals surface area (Å²) in [6, 6.07) is 7.15. The highest BCUT2D eigenvalue weighted by Crippen LogP contribution is 2.10.